The third kappa shape index (κ3) is 3.28. The highest BCUT2D eigenvalue weighted by atomic mass is 32.1. The van der Waals surface area contributed by atoms with Gasteiger partial charge in [-0.15, -0.1) is 11.3 Å². The number of rotatable bonds is 6. The standard InChI is InChI=1S/C13H22N2OS/c1-2-15(9-12-4-3-7-17-12)13(8-14)11-5-6-16-10-11/h3-4,7,11,13H,2,5-6,8-10,14H2,1H3. The molecule has 2 N–H and O–H groups in total. The summed E-state index contributed by atoms with van der Waals surface area (Å²) in [6.45, 7) is 6.79. The van der Waals surface area contributed by atoms with Crippen molar-refractivity contribution in [3.8, 4) is 0 Å². The summed E-state index contributed by atoms with van der Waals surface area (Å²) in [4.78, 5) is 3.91. The van der Waals surface area contributed by atoms with Gasteiger partial charge in [-0.2, -0.15) is 0 Å². The lowest BCUT2D eigenvalue weighted by atomic mass is 9.97. The lowest BCUT2D eigenvalue weighted by Gasteiger charge is -2.33. The van der Waals surface area contributed by atoms with Crippen LogP contribution >= 0.6 is 11.3 Å². The molecule has 1 saturated heterocycles. The smallest absolute Gasteiger partial charge is 0.0510 e. The predicted octanol–water partition coefficient (Wildman–Crippen LogP) is 1.93. The Balaban J connectivity index is 1.99. The highest BCUT2D eigenvalue weighted by Crippen LogP contribution is 2.23. The zero-order valence-electron chi connectivity index (χ0n) is 10.5. The number of nitrogens with two attached hydrogens (primary N) is 1. The van der Waals surface area contributed by atoms with Crippen molar-refractivity contribution in [2.75, 3.05) is 26.3 Å². The maximum absolute atomic E-state index is 5.96. The summed E-state index contributed by atoms with van der Waals surface area (Å²) >= 11 is 1.82. The van der Waals surface area contributed by atoms with E-state index >= 15 is 0 Å². The Bertz CT molecular complexity index is 309. The van der Waals surface area contributed by atoms with E-state index in [9.17, 15) is 0 Å². The summed E-state index contributed by atoms with van der Waals surface area (Å²) in [5, 5.41) is 2.14. The fraction of sp³-hybridized carbons (Fsp3) is 0.692. The van der Waals surface area contributed by atoms with E-state index < -0.39 is 0 Å². The van der Waals surface area contributed by atoms with Crippen molar-refractivity contribution >= 4 is 11.3 Å². The van der Waals surface area contributed by atoms with E-state index in [4.69, 9.17) is 10.5 Å². The summed E-state index contributed by atoms with van der Waals surface area (Å²) in [6, 6.07) is 4.78. The molecule has 2 rings (SSSR count). The molecule has 0 bridgehead atoms. The Labute approximate surface area is 108 Å². The normalized spacial score (nSPS) is 22.2. The van der Waals surface area contributed by atoms with Gasteiger partial charge in [0.2, 0.25) is 0 Å². The van der Waals surface area contributed by atoms with Gasteiger partial charge in [-0.3, -0.25) is 4.90 Å². The van der Waals surface area contributed by atoms with Crippen molar-refractivity contribution in [3.63, 3.8) is 0 Å². The van der Waals surface area contributed by atoms with Gasteiger partial charge in [-0.1, -0.05) is 13.0 Å². The van der Waals surface area contributed by atoms with E-state index in [1.165, 1.54) is 4.88 Å². The lowest BCUT2D eigenvalue weighted by molar-refractivity contribution is 0.121. The molecule has 1 aliphatic rings. The molecule has 17 heavy (non-hydrogen) atoms. The molecule has 3 nitrogen and oxygen atoms in total. The van der Waals surface area contributed by atoms with Gasteiger partial charge >= 0.3 is 0 Å². The first-order valence-electron chi connectivity index (χ1n) is 6.39. The van der Waals surface area contributed by atoms with Crippen LogP contribution < -0.4 is 5.73 Å². The number of hydrogen-bond donors (Lipinski definition) is 1. The second-order valence-electron chi connectivity index (χ2n) is 4.57. The van der Waals surface area contributed by atoms with Crippen LogP contribution in [0.4, 0.5) is 0 Å². The number of thiophene rings is 1. The summed E-state index contributed by atoms with van der Waals surface area (Å²) in [6.07, 6.45) is 1.16. The van der Waals surface area contributed by atoms with Crippen LogP contribution in [-0.4, -0.2) is 37.2 Å². The molecule has 96 valence electrons. The van der Waals surface area contributed by atoms with E-state index in [2.05, 4.69) is 29.3 Å². The third-order valence-corrected chi connectivity index (χ3v) is 4.43. The third-order valence-electron chi connectivity index (χ3n) is 3.56. The van der Waals surface area contributed by atoms with E-state index in [0.29, 0.717) is 12.0 Å². The maximum Gasteiger partial charge on any atom is 0.0510 e. The molecule has 0 aromatic carbocycles. The van der Waals surface area contributed by atoms with Crippen molar-refractivity contribution in [3.05, 3.63) is 22.4 Å². The van der Waals surface area contributed by atoms with E-state index in [1.807, 2.05) is 11.3 Å². The highest BCUT2D eigenvalue weighted by molar-refractivity contribution is 7.09. The van der Waals surface area contributed by atoms with Gasteiger partial charge < -0.3 is 10.5 Å². The van der Waals surface area contributed by atoms with Crippen LogP contribution in [0.25, 0.3) is 0 Å². The molecular weight excluding hydrogens is 232 g/mol. The molecule has 2 atom stereocenters. The molecule has 0 aliphatic carbocycles. The van der Waals surface area contributed by atoms with Crippen molar-refractivity contribution in [1.82, 2.24) is 4.90 Å². The second-order valence-corrected chi connectivity index (χ2v) is 5.60. The molecule has 4 heteroatoms. The van der Waals surface area contributed by atoms with Gasteiger partial charge in [0.1, 0.15) is 0 Å². The summed E-state index contributed by atoms with van der Waals surface area (Å²) in [5.41, 5.74) is 5.96. The molecule has 1 aromatic rings. The first kappa shape index (κ1) is 13.0. The lowest BCUT2D eigenvalue weighted by Crippen LogP contribution is -2.45. The van der Waals surface area contributed by atoms with Crippen molar-refractivity contribution < 1.29 is 4.74 Å². The number of ether oxygens (including phenoxy) is 1. The number of hydrogen-bond acceptors (Lipinski definition) is 4. The average Bonchev–Trinajstić information content (AvgIpc) is 3.00. The Morgan fingerprint density at radius 2 is 2.53 bits per heavy atom. The summed E-state index contributed by atoms with van der Waals surface area (Å²) in [7, 11) is 0. The minimum absolute atomic E-state index is 0.463. The fourth-order valence-corrected chi connectivity index (χ4v) is 3.29. The topological polar surface area (TPSA) is 38.5 Å². The molecular formula is C13H22N2OS. The molecule has 1 aliphatic heterocycles. The maximum atomic E-state index is 5.96. The van der Waals surface area contributed by atoms with Gasteiger partial charge in [0.05, 0.1) is 6.61 Å². The van der Waals surface area contributed by atoms with Crippen LogP contribution in [0.1, 0.15) is 18.2 Å². The molecule has 0 radical (unpaired) electrons. The Hall–Kier alpha value is -0.420. The van der Waals surface area contributed by atoms with Crippen molar-refractivity contribution in [1.29, 1.82) is 0 Å². The van der Waals surface area contributed by atoms with Gasteiger partial charge in [-0.25, -0.2) is 0 Å². The van der Waals surface area contributed by atoms with Crippen LogP contribution in [0.15, 0.2) is 17.5 Å². The van der Waals surface area contributed by atoms with E-state index in [0.717, 1.165) is 39.3 Å². The molecule has 2 heterocycles. The second kappa shape index (κ2) is 6.50. The Morgan fingerprint density at radius 3 is 3.06 bits per heavy atom. The van der Waals surface area contributed by atoms with Gasteiger partial charge in [0.25, 0.3) is 0 Å². The zero-order chi connectivity index (χ0) is 12.1. The first-order valence-corrected chi connectivity index (χ1v) is 7.27. The van der Waals surface area contributed by atoms with E-state index in [1.54, 1.807) is 0 Å². The van der Waals surface area contributed by atoms with Gasteiger partial charge in [0.15, 0.2) is 0 Å². The fourth-order valence-electron chi connectivity index (χ4n) is 2.56. The number of nitrogens with zero attached hydrogens (tertiary/aromatic N) is 1. The highest BCUT2D eigenvalue weighted by Gasteiger charge is 2.28. The average molecular weight is 254 g/mol. The van der Waals surface area contributed by atoms with Gasteiger partial charge in [0, 0.05) is 36.5 Å². The predicted molar refractivity (Wildman–Crippen MR) is 72.2 cm³/mol. The molecule has 0 saturated carbocycles. The van der Waals surface area contributed by atoms with Crippen LogP contribution in [0.2, 0.25) is 0 Å². The molecule has 0 spiro atoms. The summed E-state index contributed by atoms with van der Waals surface area (Å²) < 4.78 is 5.49. The van der Waals surface area contributed by atoms with Crippen molar-refractivity contribution in [2.45, 2.75) is 25.9 Å². The quantitative estimate of drug-likeness (QED) is 0.843. The zero-order valence-corrected chi connectivity index (χ0v) is 11.3. The van der Waals surface area contributed by atoms with Crippen LogP contribution in [0.3, 0.4) is 0 Å². The molecule has 0 amide bonds. The molecule has 2 unspecified atom stereocenters. The Kier molecular flexibility index (Phi) is 4.98. The SMILES string of the molecule is CCN(Cc1cccs1)C(CN)C1CCOC1. The minimum Gasteiger partial charge on any atom is -0.381 e. The van der Waals surface area contributed by atoms with Crippen molar-refractivity contribution in [2.24, 2.45) is 11.7 Å². The van der Waals surface area contributed by atoms with Crippen LogP contribution in [0, 0.1) is 5.92 Å². The molecule has 1 fully saturated rings. The molecule has 1 aromatic heterocycles. The number of likely N-dealkylation sites (N-methyl/N-ethyl adjacent to an activating group) is 1. The minimum atomic E-state index is 0.463. The monoisotopic (exact) mass is 254 g/mol. The van der Waals surface area contributed by atoms with E-state index in [-0.39, 0.29) is 0 Å². The Morgan fingerprint density at radius 1 is 1.65 bits per heavy atom. The largest absolute Gasteiger partial charge is 0.381 e. The van der Waals surface area contributed by atoms with Crippen LogP contribution in [0.5, 0.6) is 0 Å². The first-order chi connectivity index (χ1) is 8.35. The van der Waals surface area contributed by atoms with Gasteiger partial charge in [-0.05, 0) is 24.4 Å². The van der Waals surface area contributed by atoms with Crippen LogP contribution in [-0.2, 0) is 11.3 Å². The summed E-state index contributed by atoms with van der Waals surface area (Å²) in [5.74, 6) is 0.611.